The Balaban J connectivity index is 0.770. The van der Waals surface area contributed by atoms with Crippen LogP contribution in [0.25, 0.3) is 33.3 Å². The first-order chi connectivity index (χ1) is 53.6. The van der Waals surface area contributed by atoms with E-state index < -0.39 is 65.7 Å². The molecule has 1 saturated heterocycles. The Morgan fingerprint density at radius 2 is 1.14 bits per heavy atom. The number of nitrogens with one attached hydrogen (secondary N) is 5. The normalized spacial score (nSPS) is 17.7. The molecule has 2 unspecified atom stereocenters. The smallest absolute Gasteiger partial charge is 0.305 e. The van der Waals surface area contributed by atoms with Gasteiger partial charge in [-0.1, -0.05) is 27.7 Å². The maximum atomic E-state index is 15.6. The minimum atomic E-state index is -0.967. The highest BCUT2D eigenvalue weighted by molar-refractivity contribution is 6.23. The summed E-state index contributed by atoms with van der Waals surface area (Å²) in [4.78, 5) is 129. The number of aryl methyl sites for hydroxylation is 1. The number of ether oxygens (including phenoxy) is 14. The lowest BCUT2D eigenvalue weighted by Gasteiger charge is -2.35. The van der Waals surface area contributed by atoms with Crippen LogP contribution in [0.5, 0.6) is 0 Å². The Labute approximate surface area is 650 Å². The molecule has 111 heavy (non-hydrogen) atoms. The zero-order valence-corrected chi connectivity index (χ0v) is 66.5. The van der Waals surface area contributed by atoms with Crippen LogP contribution in [0.2, 0.25) is 0 Å². The van der Waals surface area contributed by atoms with E-state index in [-0.39, 0.29) is 89.1 Å². The van der Waals surface area contributed by atoms with Crippen molar-refractivity contribution in [3.05, 3.63) is 81.2 Å². The van der Waals surface area contributed by atoms with Crippen LogP contribution >= 0.6 is 0 Å². The third kappa shape index (κ3) is 26.1. The van der Waals surface area contributed by atoms with Crippen molar-refractivity contribution in [1.82, 2.24) is 50.6 Å². The fourth-order valence-electron chi connectivity index (χ4n) is 13.6. The van der Waals surface area contributed by atoms with E-state index in [0.29, 0.717) is 202 Å². The van der Waals surface area contributed by atoms with Crippen LogP contribution in [-0.4, -0.2) is 312 Å². The van der Waals surface area contributed by atoms with Gasteiger partial charge in [0, 0.05) is 99.1 Å². The Morgan fingerprint density at radius 3 is 1.72 bits per heavy atom. The van der Waals surface area contributed by atoms with Gasteiger partial charge in [-0.05, 0) is 93.9 Å². The van der Waals surface area contributed by atoms with Gasteiger partial charge in [-0.15, -0.1) is 0 Å². The number of nitrogens with zero attached hydrogens (tertiary/aromatic N) is 5. The third-order valence-electron chi connectivity index (χ3n) is 19.9. The highest BCUT2D eigenvalue weighted by atomic mass is 16.6. The predicted molar refractivity (Wildman–Crippen MR) is 410 cm³/mol. The quantitative estimate of drug-likeness (QED) is 0.0329. The van der Waals surface area contributed by atoms with Crippen molar-refractivity contribution in [3.63, 3.8) is 0 Å². The number of rotatable bonds is 52. The molecule has 7 amide bonds. The van der Waals surface area contributed by atoms with E-state index in [1.807, 2.05) is 39.0 Å². The SMILES string of the molecule is CCC1=C(C)c2cc3nc(cc4[nH]c(c5c6[nH]c(cc1n2)c(C)c6C(=O)N(CCN1CCOC(CNC(=O)[C@H](C)NC(=O)[C@@H](NC(=O)CCOCCOCCOCCOCCOCCOCCOCCOCCN2C(=O)C=CC2=O)C(C)C)C1)C5=O)[C@@H](CCC(=O)OC)[C@@H]4C)C(C)=C3C(C)OCCOCCOCCOC. The van der Waals surface area contributed by atoms with Crippen molar-refractivity contribution >= 4 is 80.6 Å². The number of esters is 1. The lowest BCUT2D eigenvalue weighted by atomic mass is 9.84. The van der Waals surface area contributed by atoms with Crippen LogP contribution in [0.1, 0.15) is 153 Å². The van der Waals surface area contributed by atoms with Crippen LogP contribution in [0.3, 0.4) is 0 Å². The number of allylic oxidation sites excluding steroid dienone is 3. The van der Waals surface area contributed by atoms with Crippen LogP contribution in [0, 0.1) is 12.8 Å². The van der Waals surface area contributed by atoms with Crippen LogP contribution in [0.15, 0.2) is 30.4 Å². The van der Waals surface area contributed by atoms with Gasteiger partial charge >= 0.3 is 5.97 Å². The molecule has 0 radical (unpaired) electrons. The fourth-order valence-corrected chi connectivity index (χ4v) is 13.6. The van der Waals surface area contributed by atoms with Gasteiger partial charge in [-0.25, -0.2) is 9.97 Å². The number of hydrogen-bond acceptors (Lipinski definition) is 25. The zero-order valence-electron chi connectivity index (χ0n) is 66.5. The number of morpholine rings is 1. The first-order valence-corrected chi connectivity index (χ1v) is 38.7. The summed E-state index contributed by atoms with van der Waals surface area (Å²) in [5.41, 5.74) is 10.3. The summed E-state index contributed by atoms with van der Waals surface area (Å²) < 4.78 is 78.3. The summed E-state index contributed by atoms with van der Waals surface area (Å²) >= 11 is 0. The van der Waals surface area contributed by atoms with Gasteiger partial charge in [0.2, 0.25) is 17.7 Å². The van der Waals surface area contributed by atoms with E-state index in [0.717, 1.165) is 38.6 Å². The molecule has 1 fully saturated rings. The second-order valence-corrected chi connectivity index (χ2v) is 27.8. The molecular weight excluding hydrogens is 1440 g/mol. The van der Waals surface area contributed by atoms with Gasteiger partial charge in [0.15, 0.2) is 0 Å². The maximum Gasteiger partial charge on any atom is 0.305 e. The van der Waals surface area contributed by atoms with E-state index in [9.17, 15) is 28.8 Å². The average molecular weight is 1560 g/mol. The van der Waals surface area contributed by atoms with Gasteiger partial charge in [0.05, 0.1) is 217 Å². The molecule has 0 aliphatic carbocycles. The van der Waals surface area contributed by atoms with Crippen molar-refractivity contribution in [2.45, 2.75) is 124 Å². The highest BCUT2D eigenvalue weighted by Crippen LogP contribution is 2.45. The number of amides is 7. The van der Waals surface area contributed by atoms with Crippen LogP contribution < -0.4 is 16.0 Å². The molecule has 6 atom stereocenters. The number of aromatic amines is 2. The highest BCUT2D eigenvalue weighted by Gasteiger charge is 2.42. The van der Waals surface area contributed by atoms with Crippen molar-refractivity contribution in [1.29, 1.82) is 0 Å². The predicted octanol–water partition coefficient (Wildman–Crippen LogP) is 5.05. The summed E-state index contributed by atoms with van der Waals surface area (Å²) in [6, 6.07) is 4.08. The molecule has 6 aliphatic rings. The molecule has 8 bridgehead atoms. The van der Waals surface area contributed by atoms with Crippen LogP contribution in [-0.2, 0) is 95.1 Å². The molecule has 8 rings (SSSR count). The largest absolute Gasteiger partial charge is 0.469 e. The number of H-pyrrole nitrogens is 2. The fraction of sp³-hybridized carbons (Fsp3) is 0.646. The number of aromatic nitrogens is 4. The first-order valence-electron chi connectivity index (χ1n) is 38.7. The maximum absolute atomic E-state index is 15.6. The van der Waals surface area contributed by atoms with Crippen LogP contribution in [0.4, 0.5) is 0 Å². The molecule has 2 aromatic heterocycles. The average Bonchev–Trinajstić information content (AvgIpc) is 1.59. The molecule has 0 spiro atoms. The minimum absolute atomic E-state index is 0.00257. The Hall–Kier alpha value is -7.80. The summed E-state index contributed by atoms with van der Waals surface area (Å²) in [7, 11) is 2.98. The molecule has 32 nitrogen and oxygen atoms in total. The molecule has 0 aromatic carbocycles. The molecule has 614 valence electrons. The second-order valence-electron chi connectivity index (χ2n) is 27.8. The number of fused-ring (bicyclic) bond motifs is 8. The third-order valence-corrected chi connectivity index (χ3v) is 19.9. The molecule has 6 aliphatic heterocycles. The molecule has 32 heteroatoms. The van der Waals surface area contributed by atoms with Crippen molar-refractivity contribution in [3.8, 4) is 0 Å². The summed E-state index contributed by atoms with van der Waals surface area (Å²) in [6.45, 7) is 27.1. The van der Waals surface area contributed by atoms with Gasteiger partial charge in [-0.3, -0.25) is 53.1 Å². The molecular formula is C79H116N10O22. The van der Waals surface area contributed by atoms with E-state index >= 15 is 9.59 Å². The van der Waals surface area contributed by atoms with E-state index in [1.165, 1.54) is 24.2 Å². The van der Waals surface area contributed by atoms with E-state index in [1.54, 1.807) is 27.9 Å². The van der Waals surface area contributed by atoms with Crippen molar-refractivity contribution in [2.24, 2.45) is 5.92 Å². The van der Waals surface area contributed by atoms with Crippen molar-refractivity contribution in [2.75, 3.05) is 205 Å². The standard InChI is InChI=1S/C79H116N10O22/c1-12-58-51(4)60-47-65-70(56(9)110-44-43-109-42-31-102-26-25-98-10)53(6)62(83-65)45-61-52(5)59(13-16-69(93)99-11)74(84-61)72-75-71(54(7)63(85-75)46-64(58)82-60)78(96)89(79(72)97)19-18-87-20-24-111-57(49-87)48-80-76(94)55(8)81-77(95)73(50(2)3)86-66(90)17-22-100-27-29-103-32-34-105-36-38-107-40-41-108-39-37-106-35-33-104-30-28-101-23-21-88-67(91)14-15-68(88)92/h14-15,45-47,50,52,55-57,59,73,84-85H,12-13,16-44,48-49H2,1-11H3,(H,80,94)(H,81,95)(H,86,90)/t52-,55-,56?,57?,59-,73-/m0/s1. The Kier molecular flexibility index (Phi) is 37.1. The number of hydrogen-bond donors (Lipinski definition) is 5. The number of carbonyl (C=O) groups excluding carboxylic acids is 8. The summed E-state index contributed by atoms with van der Waals surface area (Å²) in [6.07, 6.45) is 2.68. The van der Waals surface area contributed by atoms with Gasteiger partial charge < -0.3 is 92.2 Å². The topological polar surface area (TPSA) is 369 Å². The lowest BCUT2D eigenvalue weighted by Crippen LogP contribution is -2.56. The molecule has 8 heterocycles. The van der Waals surface area contributed by atoms with E-state index in [4.69, 9.17) is 76.3 Å². The minimum Gasteiger partial charge on any atom is -0.469 e. The second kappa shape index (κ2) is 46.4. The van der Waals surface area contributed by atoms with Gasteiger partial charge in [0.1, 0.15) is 12.1 Å². The number of carbonyl (C=O) groups is 8. The van der Waals surface area contributed by atoms with Gasteiger partial charge in [-0.2, -0.15) is 0 Å². The van der Waals surface area contributed by atoms with Gasteiger partial charge in [0.25, 0.3) is 23.6 Å². The summed E-state index contributed by atoms with van der Waals surface area (Å²) in [5, 5.41) is 8.44. The Morgan fingerprint density at radius 1 is 0.595 bits per heavy atom. The lowest BCUT2D eigenvalue weighted by molar-refractivity contribution is -0.141. The summed E-state index contributed by atoms with van der Waals surface area (Å²) in [5.74, 6) is -4.35. The van der Waals surface area contributed by atoms with Crippen molar-refractivity contribution < 1.29 is 105 Å². The molecule has 0 saturated carbocycles. The molecule has 5 N–H and O–H groups in total. The number of methoxy groups -OCH3 is 2. The number of imide groups is 2. The first kappa shape index (κ1) is 88.8. The van der Waals surface area contributed by atoms with E-state index in [2.05, 4.69) is 51.6 Å². The zero-order chi connectivity index (χ0) is 79.8. The molecule has 2 aromatic rings. The Bertz CT molecular complexity index is 3760. The monoisotopic (exact) mass is 1560 g/mol.